The van der Waals surface area contributed by atoms with Crippen molar-refractivity contribution in [2.45, 2.75) is 6.92 Å². The lowest BCUT2D eigenvalue weighted by molar-refractivity contribution is 0.104. The van der Waals surface area contributed by atoms with Crippen molar-refractivity contribution in [3.05, 3.63) is 74.9 Å². The molecule has 0 aliphatic heterocycles. The van der Waals surface area contributed by atoms with Crippen molar-refractivity contribution < 1.29 is 9.32 Å². The molecule has 0 amide bonds. The molecule has 0 bridgehead atoms. The maximum atomic E-state index is 13.3. The number of nitrogens with one attached hydrogen (secondary N) is 1. The highest BCUT2D eigenvalue weighted by Crippen LogP contribution is 2.44. The van der Waals surface area contributed by atoms with Crippen LogP contribution in [0.25, 0.3) is 22.2 Å². The quantitative estimate of drug-likeness (QED) is 0.350. The lowest BCUT2D eigenvalue weighted by Crippen LogP contribution is -2.12. The molecule has 1 aromatic heterocycles. The first kappa shape index (κ1) is 15.6. The summed E-state index contributed by atoms with van der Waals surface area (Å²) in [7, 11) is 0. The second kappa shape index (κ2) is 5.67. The minimum Gasteiger partial charge on any atom is -0.355 e. The van der Waals surface area contributed by atoms with Crippen LogP contribution in [0.4, 0.5) is 11.4 Å². The van der Waals surface area contributed by atoms with Gasteiger partial charge in [0.05, 0.1) is 16.6 Å². The number of aromatic nitrogens is 1. The Balaban J connectivity index is 1.78. The molecule has 126 valence electrons. The first-order valence-electron chi connectivity index (χ1n) is 8.23. The molecule has 0 unspecified atom stereocenters. The van der Waals surface area contributed by atoms with Crippen LogP contribution in [-0.4, -0.2) is 10.9 Å². The van der Waals surface area contributed by atoms with Crippen LogP contribution in [-0.2, 0) is 0 Å². The third-order valence-corrected chi connectivity index (χ3v) is 5.50. The Hall–Kier alpha value is -2.67. The minimum atomic E-state index is -0.00712. The van der Waals surface area contributed by atoms with E-state index in [9.17, 15) is 4.79 Å². The van der Waals surface area contributed by atoms with Crippen LogP contribution in [0.2, 0.25) is 0 Å². The molecule has 1 aliphatic carbocycles. The fourth-order valence-electron chi connectivity index (χ4n) is 3.41. The van der Waals surface area contributed by atoms with Crippen molar-refractivity contribution in [2.75, 3.05) is 5.32 Å². The zero-order valence-corrected chi connectivity index (χ0v) is 16.0. The Morgan fingerprint density at radius 3 is 2.54 bits per heavy atom. The summed E-state index contributed by atoms with van der Waals surface area (Å²) in [6.07, 6.45) is 0. The number of ketones is 1. The van der Waals surface area contributed by atoms with E-state index >= 15 is 0 Å². The molecule has 4 nitrogen and oxygen atoms in total. The number of carbonyl (C=O) groups is 1. The molecule has 3 aromatic carbocycles. The lowest BCUT2D eigenvalue weighted by atomic mass is 9.87. The Labute approximate surface area is 163 Å². The molecule has 1 heterocycles. The van der Waals surface area contributed by atoms with Crippen molar-refractivity contribution in [3.8, 4) is 11.3 Å². The van der Waals surface area contributed by atoms with Gasteiger partial charge in [0.1, 0.15) is 5.52 Å². The number of rotatable bonds is 2. The molecule has 1 aliphatic rings. The highest BCUT2D eigenvalue weighted by atomic mass is 127. The van der Waals surface area contributed by atoms with E-state index in [2.05, 4.69) is 33.1 Å². The van der Waals surface area contributed by atoms with Gasteiger partial charge in [-0.3, -0.25) is 4.79 Å². The average molecular weight is 452 g/mol. The molecule has 0 spiro atoms. The largest absolute Gasteiger partial charge is 0.355 e. The number of nitrogens with zero attached hydrogens (tertiary/aromatic N) is 1. The number of aryl methyl sites for hydroxylation is 1. The van der Waals surface area contributed by atoms with E-state index in [-0.39, 0.29) is 5.78 Å². The molecular weight excluding hydrogens is 439 g/mol. The SMILES string of the molecule is Cc1ccc(Nc2cc(I)c3noc4c3c2C(=O)c2ccccc2-4)cc1. The third-order valence-electron chi connectivity index (χ3n) is 4.68. The van der Waals surface area contributed by atoms with Crippen LogP contribution in [0.3, 0.4) is 0 Å². The van der Waals surface area contributed by atoms with E-state index in [4.69, 9.17) is 4.52 Å². The number of halogens is 1. The molecule has 4 aromatic rings. The molecule has 0 saturated carbocycles. The van der Waals surface area contributed by atoms with E-state index in [1.54, 1.807) is 0 Å². The number of hydrogen-bond donors (Lipinski definition) is 1. The number of hydrogen-bond acceptors (Lipinski definition) is 4. The van der Waals surface area contributed by atoms with Gasteiger partial charge in [-0.05, 0) is 47.7 Å². The molecule has 26 heavy (non-hydrogen) atoms. The number of anilines is 2. The molecule has 5 rings (SSSR count). The van der Waals surface area contributed by atoms with Gasteiger partial charge in [-0.15, -0.1) is 0 Å². The van der Waals surface area contributed by atoms with E-state index in [1.807, 2.05) is 61.5 Å². The van der Waals surface area contributed by atoms with Gasteiger partial charge in [-0.2, -0.15) is 0 Å². The van der Waals surface area contributed by atoms with Gasteiger partial charge in [0.15, 0.2) is 11.5 Å². The van der Waals surface area contributed by atoms with E-state index in [1.165, 1.54) is 5.56 Å². The summed E-state index contributed by atoms with van der Waals surface area (Å²) < 4.78 is 6.58. The Morgan fingerprint density at radius 1 is 1.04 bits per heavy atom. The van der Waals surface area contributed by atoms with Crippen LogP contribution in [0, 0.1) is 10.5 Å². The molecular formula is C21H13IN2O2. The van der Waals surface area contributed by atoms with Crippen molar-refractivity contribution in [1.29, 1.82) is 0 Å². The number of fused-ring (bicyclic) bond motifs is 2. The molecule has 0 atom stereocenters. The van der Waals surface area contributed by atoms with Gasteiger partial charge < -0.3 is 9.84 Å². The second-order valence-corrected chi connectivity index (χ2v) is 7.54. The van der Waals surface area contributed by atoms with Crippen molar-refractivity contribution in [3.63, 3.8) is 0 Å². The predicted molar refractivity (Wildman–Crippen MR) is 110 cm³/mol. The fraction of sp³-hybridized carbons (Fsp3) is 0.0476. The monoisotopic (exact) mass is 452 g/mol. The van der Waals surface area contributed by atoms with Gasteiger partial charge in [-0.25, -0.2) is 0 Å². The van der Waals surface area contributed by atoms with Gasteiger partial charge in [0.2, 0.25) is 0 Å². The summed E-state index contributed by atoms with van der Waals surface area (Å²) in [6.45, 7) is 2.05. The van der Waals surface area contributed by atoms with Crippen molar-refractivity contribution in [1.82, 2.24) is 5.16 Å². The third kappa shape index (κ3) is 2.20. The zero-order chi connectivity index (χ0) is 17.8. The summed E-state index contributed by atoms with van der Waals surface area (Å²) >= 11 is 2.24. The highest BCUT2D eigenvalue weighted by Gasteiger charge is 2.32. The molecule has 0 fully saturated rings. The summed E-state index contributed by atoms with van der Waals surface area (Å²) in [4.78, 5) is 13.3. The molecule has 0 radical (unpaired) electrons. The van der Waals surface area contributed by atoms with Crippen LogP contribution in [0.5, 0.6) is 0 Å². The normalized spacial score (nSPS) is 12.3. The summed E-state index contributed by atoms with van der Waals surface area (Å²) in [5.74, 6) is 0.656. The first-order chi connectivity index (χ1) is 12.6. The average Bonchev–Trinajstić information content (AvgIpc) is 3.09. The highest BCUT2D eigenvalue weighted by molar-refractivity contribution is 14.1. The molecule has 1 N–H and O–H groups in total. The van der Waals surface area contributed by atoms with Crippen LogP contribution >= 0.6 is 22.6 Å². The van der Waals surface area contributed by atoms with Gasteiger partial charge in [0.25, 0.3) is 0 Å². The van der Waals surface area contributed by atoms with E-state index in [0.29, 0.717) is 16.9 Å². The molecule has 5 heteroatoms. The lowest BCUT2D eigenvalue weighted by Gasteiger charge is -2.18. The van der Waals surface area contributed by atoms with Gasteiger partial charge in [-0.1, -0.05) is 47.1 Å². The topological polar surface area (TPSA) is 55.1 Å². The first-order valence-corrected chi connectivity index (χ1v) is 9.31. The smallest absolute Gasteiger partial charge is 0.196 e. The minimum absolute atomic E-state index is 0.00712. The van der Waals surface area contributed by atoms with Gasteiger partial charge >= 0.3 is 0 Å². The maximum absolute atomic E-state index is 13.3. The Kier molecular flexibility index (Phi) is 3.40. The van der Waals surface area contributed by atoms with E-state index in [0.717, 1.165) is 31.4 Å². The van der Waals surface area contributed by atoms with Crippen molar-refractivity contribution in [2.24, 2.45) is 0 Å². The summed E-state index contributed by atoms with van der Waals surface area (Å²) in [5, 5.41) is 8.41. The standard InChI is InChI=1S/C21H13IN2O2/c1-11-6-8-12(9-7-11)23-16-10-15(22)19-18-17(16)20(25)13-4-2-3-5-14(13)21(18)26-24-19/h2-10,23H,1H3. The van der Waals surface area contributed by atoms with Crippen LogP contribution in [0.1, 0.15) is 21.5 Å². The maximum Gasteiger partial charge on any atom is 0.196 e. The van der Waals surface area contributed by atoms with Crippen LogP contribution in [0.15, 0.2) is 59.1 Å². The summed E-state index contributed by atoms with van der Waals surface area (Å²) in [5.41, 5.74) is 5.69. The predicted octanol–water partition coefficient (Wildman–Crippen LogP) is 5.70. The van der Waals surface area contributed by atoms with Gasteiger partial charge in [0, 0.05) is 20.4 Å². The Morgan fingerprint density at radius 2 is 1.77 bits per heavy atom. The molecule has 0 saturated heterocycles. The van der Waals surface area contributed by atoms with Crippen LogP contribution < -0.4 is 5.32 Å². The Bertz CT molecular complexity index is 1190. The zero-order valence-electron chi connectivity index (χ0n) is 13.8. The summed E-state index contributed by atoms with van der Waals surface area (Å²) in [6, 6.07) is 17.6. The van der Waals surface area contributed by atoms with E-state index < -0.39 is 0 Å². The number of carbonyl (C=O) groups excluding carboxylic acids is 1. The fourth-order valence-corrected chi connectivity index (χ4v) is 4.09. The second-order valence-electron chi connectivity index (χ2n) is 6.38. The number of benzene rings is 3. The van der Waals surface area contributed by atoms with Crippen molar-refractivity contribution >= 4 is 50.7 Å².